The number of ether oxygens (including phenoxy) is 3. The summed E-state index contributed by atoms with van der Waals surface area (Å²) in [4.78, 5) is 11.8. The summed E-state index contributed by atoms with van der Waals surface area (Å²) in [6.07, 6.45) is 5.08. The van der Waals surface area contributed by atoms with Crippen LogP contribution in [0.4, 0.5) is 0 Å². The van der Waals surface area contributed by atoms with Gasteiger partial charge in [0, 0.05) is 6.21 Å². The molecule has 134 valence electrons. The van der Waals surface area contributed by atoms with Gasteiger partial charge in [0.1, 0.15) is 5.75 Å². The average molecular weight is 352 g/mol. The predicted octanol–water partition coefficient (Wildman–Crippen LogP) is 3.23. The van der Waals surface area contributed by atoms with E-state index in [-0.39, 0.29) is 19.3 Å². The second-order valence-corrected chi connectivity index (χ2v) is 5.79. The van der Waals surface area contributed by atoms with Gasteiger partial charge in [0.25, 0.3) is 5.91 Å². The molecule has 0 saturated carbocycles. The highest BCUT2D eigenvalue weighted by atomic mass is 16.7. The Bertz CT molecular complexity index is 839. The van der Waals surface area contributed by atoms with Gasteiger partial charge in [-0.25, -0.2) is 5.43 Å². The van der Waals surface area contributed by atoms with E-state index in [1.54, 1.807) is 6.08 Å². The van der Waals surface area contributed by atoms with Crippen LogP contribution in [0, 0.1) is 13.8 Å². The molecule has 0 unspecified atom stereocenters. The molecule has 1 aliphatic rings. The van der Waals surface area contributed by atoms with Gasteiger partial charge in [-0.15, -0.1) is 0 Å². The van der Waals surface area contributed by atoms with E-state index >= 15 is 0 Å². The molecule has 2 aromatic rings. The van der Waals surface area contributed by atoms with E-state index in [0.717, 1.165) is 33.9 Å². The number of rotatable bonds is 6. The Morgan fingerprint density at radius 3 is 2.77 bits per heavy atom. The van der Waals surface area contributed by atoms with Crippen LogP contribution in [0.2, 0.25) is 0 Å². The lowest BCUT2D eigenvalue weighted by Crippen LogP contribution is -2.24. The number of nitrogens with zero attached hydrogens (tertiary/aromatic N) is 1. The summed E-state index contributed by atoms with van der Waals surface area (Å²) in [5.41, 5.74) is 5.37. The normalized spacial score (nSPS) is 12.7. The van der Waals surface area contributed by atoms with E-state index in [9.17, 15) is 4.79 Å². The molecule has 2 aromatic carbocycles. The van der Waals surface area contributed by atoms with Crippen molar-refractivity contribution in [3.05, 3.63) is 59.2 Å². The molecule has 6 heteroatoms. The highest BCUT2D eigenvalue weighted by molar-refractivity contribution is 5.82. The zero-order chi connectivity index (χ0) is 18.4. The van der Waals surface area contributed by atoms with E-state index in [1.165, 1.54) is 6.21 Å². The molecule has 1 aliphatic heterocycles. The minimum Gasteiger partial charge on any atom is -0.483 e. The molecule has 1 N–H and O–H groups in total. The zero-order valence-corrected chi connectivity index (χ0v) is 14.7. The number of hydrogen-bond acceptors (Lipinski definition) is 5. The van der Waals surface area contributed by atoms with Gasteiger partial charge in [0.05, 0.1) is 0 Å². The molecular formula is C20H20N2O4. The number of aryl methyl sites for hydroxylation is 2. The first-order valence-electron chi connectivity index (χ1n) is 8.21. The van der Waals surface area contributed by atoms with E-state index in [0.29, 0.717) is 0 Å². The Balaban J connectivity index is 1.45. The van der Waals surface area contributed by atoms with Crippen molar-refractivity contribution >= 4 is 18.2 Å². The maximum Gasteiger partial charge on any atom is 0.277 e. The van der Waals surface area contributed by atoms with Crippen LogP contribution >= 0.6 is 0 Å². The number of carbonyl (C=O) groups is 1. The number of amides is 1. The second kappa shape index (κ2) is 8.20. The van der Waals surface area contributed by atoms with Crippen molar-refractivity contribution in [3.8, 4) is 17.2 Å². The molecule has 1 heterocycles. The summed E-state index contributed by atoms with van der Waals surface area (Å²) in [5.74, 6) is 1.88. The third-order valence-corrected chi connectivity index (χ3v) is 3.79. The van der Waals surface area contributed by atoms with Crippen LogP contribution in [0.15, 0.2) is 47.6 Å². The van der Waals surface area contributed by atoms with Gasteiger partial charge >= 0.3 is 0 Å². The smallest absolute Gasteiger partial charge is 0.277 e. The Labute approximate surface area is 152 Å². The maximum absolute atomic E-state index is 11.8. The van der Waals surface area contributed by atoms with E-state index in [4.69, 9.17) is 14.2 Å². The number of nitrogens with one attached hydrogen (secondary N) is 1. The van der Waals surface area contributed by atoms with Gasteiger partial charge in [-0.1, -0.05) is 30.3 Å². The highest BCUT2D eigenvalue weighted by Crippen LogP contribution is 2.32. The Morgan fingerprint density at radius 2 is 1.96 bits per heavy atom. The zero-order valence-electron chi connectivity index (χ0n) is 14.7. The number of allylic oxidation sites excluding steroid dienone is 1. The molecule has 0 atom stereocenters. The van der Waals surface area contributed by atoms with Crippen LogP contribution in [0.3, 0.4) is 0 Å². The maximum atomic E-state index is 11.8. The quantitative estimate of drug-likeness (QED) is 0.640. The van der Waals surface area contributed by atoms with Gasteiger partial charge in [-0.05, 0) is 48.7 Å². The first-order chi connectivity index (χ1) is 12.6. The molecule has 1 amide bonds. The van der Waals surface area contributed by atoms with Crippen LogP contribution in [0.1, 0.15) is 16.7 Å². The molecular weight excluding hydrogens is 332 g/mol. The van der Waals surface area contributed by atoms with E-state index in [2.05, 4.69) is 10.5 Å². The molecule has 0 spiro atoms. The van der Waals surface area contributed by atoms with Gasteiger partial charge in [0.2, 0.25) is 6.79 Å². The SMILES string of the molecule is Cc1cccc(C)c1OCC(=O)N/N=C\C=C\c1ccc2c(c1)OCO2. The fourth-order valence-corrected chi connectivity index (χ4v) is 2.52. The average Bonchev–Trinajstić information content (AvgIpc) is 3.09. The fraction of sp³-hybridized carbons (Fsp3) is 0.200. The summed E-state index contributed by atoms with van der Waals surface area (Å²) < 4.78 is 16.1. The Kier molecular flexibility index (Phi) is 5.53. The predicted molar refractivity (Wildman–Crippen MR) is 99.6 cm³/mol. The number of para-hydroxylation sites is 1. The van der Waals surface area contributed by atoms with Crippen molar-refractivity contribution in [2.75, 3.05) is 13.4 Å². The Hall–Kier alpha value is -3.28. The summed E-state index contributed by atoms with van der Waals surface area (Å²) in [5, 5.41) is 3.87. The van der Waals surface area contributed by atoms with Crippen molar-refractivity contribution in [1.82, 2.24) is 5.43 Å². The number of fused-ring (bicyclic) bond motifs is 1. The van der Waals surface area contributed by atoms with Gasteiger partial charge < -0.3 is 14.2 Å². The summed E-state index contributed by atoms with van der Waals surface area (Å²) in [6, 6.07) is 11.5. The first-order valence-corrected chi connectivity index (χ1v) is 8.21. The number of hydrazone groups is 1. The lowest BCUT2D eigenvalue weighted by molar-refractivity contribution is -0.123. The molecule has 0 aliphatic carbocycles. The minimum absolute atomic E-state index is 0.0884. The molecule has 0 saturated heterocycles. The third kappa shape index (κ3) is 4.42. The molecule has 26 heavy (non-hydrogen) atoms. The van der Waals surface area contributed by atoms with Crippen LogP contribution < -0.4 is 19.6 Å². The standard InChI is InChI=1S/C20H20N2O4/c1-14-5-3-6-15(2)20(14)24-12-19(23)22-21-10-4-7-16-8-9-17-18(11-16)26-13-25-17/h3-11H,12-13H2,1-2H3,(H,22,23)/b7-4+,21-10-. The Morgan fingerprint density at radius 1 is 1.19 bits per heavy atom. The van der Waals surface area contributed by atoms with Crippen molar-refractivity contribution < 1.29 is 19.0 Å². The number of hydrogen-bond donors (Lipinski definition) is 1. The van der Waals surface area contributed by atoms with Crippen molar-refractivity contribution in [2.24, 2.45) is 5.10 Å². The van der Waals surface area contributed by atoms with E-state index in [1.807, 2.05) is 56.3 Å². The molecule has 0 bridgehead atoms. The van der Waals surface area contributed by atoms with Crippen molar-refractivity contribution in [2.45, 2.75) is 13.8 Å². The topological polar surface area (TPSA) is 69.2 Å². The molecule has 3 rings (SSSR count). The van der Waals surface area contributed by atoms with Gasteiger partial charge in [-0.3, -0.25) is 4.79 Å². The number of benzene rings is 2. The van der Waals surface area contributed by atoms with Crippen LogP contribution in [-0.4, -0.2) is 25.5 Å². The largest absolute Gasteiger partial charge is 0.483 e. The van der Waals surface area contributed by atoms with Crippen LogP contribution in [0.5, 0.6) is 17.2 Å². The van der Waals surface area contributed by atoms with Crippen LogP contribution in [-0.2, 0) is 4.79 Å². The summed E-state index contributed by atoms with van der Waals surface area (Å²) in [6.45, 7) is 4.05. The highest BCUT2D eigenvalue weighted by Gasteiger charge is 2.12. The summed E-state index contributed by atoms with van der Waals surface area (Å²) >= 11 is 0. The molecule has 0 fully saturated rings. The van der Waals surface area contributed by atoms with Crippen LogP contribution in [0.25, 0.3) is 6.08 Å². The number of carbonyl (C=O) groups excluding carboxylic acids is 1. The third-order valence-electron chi connectivity index (χ3n) is 3.79. The fourth-order valence-electron chi connectivity index (χ4n) is 2.52. The first kappa shape index (κ1) is 17.5. The van der Waals surface area contributed by atoms with Crippen molar-refractivity contribution in [1.29, 1.82) is 0 Å². The van der Waals surface area contributed by atoms with E-state index < -0.39 is 0 Å². The van der Waals surface area contributed by atoms with Gasteiger partial charge in [-0.2, -0.15) is 5.10 Å². The molecule has 0 aromatic heterocycles. The summed E-state index contributed by atoms with van der Waals surface area (Å²) in [7, 11) is 0. The lowest BCUT2D eigenvalue weighted by atomic mass is 10.1. The molecule has 6 nitrogen and oxygen atoms in total. The second-order valence-electron chi connectivity index (χ2n) is 5.79. The monoisotopic (exact) mass is 352 g/mol. The molecule has 0 radical (unpaired) electrons. The minimum atomic E-state index is -0.319. The van der Waals surface area contributed by atoms with Crippen molar-refractivity contribution in [3.63, 3.8) is 0 Å². The van der Waals surface area contributed by atoms with Gasteiger partial charge in [0.15, 0.2) is 18.1 Å². The lowest BCUT2D eigenvalue weighted by Gasteiger charge is -2.10.